The molecule has 0 atom stereocenters. The standard InChI is InChI=1S/C13H12BrNO4S2/c14-12-11(8-10(20-12)13(16)17)21(18,19)15-7-6-9-4-2-1-3-5-9/h1-5,8,15H,6-7H2,(H,16,17). The maximum absolute atomic E-state index is 12.2. The predicted octanol–water partition coefficient (Wildman–Crippen LogP) is 2.73. The van der Waals surface area contributed by atoms with E-state index in [0.29, 0.717) is 6.42 Å². The number of thiophene rings is 1. The van der Waals surface area contributed by atoms with Crippen LogP contribution in [0.1, 0.15) is 15.2 Å². The highest BCUT2D eigenvalue weighted by atomic mass is 79.9. The molecular formula is C13H12BrNO4S2. The molecule has 0 aliphatic carbocycles. The van der Waals surface area contributed by atoms with Gasteiger partial charge < -0.3 is 5.11 Å². The molecule has 21 heavy (non-hydrogen) atoms. The fraction of sp³-hybridized carbons (Fsp3) is 0.154. The molecule has 2 rings (SSSR count). The van der Waals surface area contributed by atoms with E-state index in [9.17, 15) is 13.2 Å². The topological polar surface area (TPSA) is 83.5 Å². The summed E-state index contributed by atoms with van der Waals surface area (Å²) in [5.41, 5.74) is 1.02. The Balaban J connectivity index is 2.07. The fourth-order valence-corrected chi connectivity index (χ4v) is 5.13. The van der Waals surface area contributed by atoms with Gasteiger partial charge >= 0.3 is 5.97 Å². The quantitative estimate of drug-likeness (QED) is 0.795. The number of benzene rings is 1. The molecule has 1 heterocycles. The first-order valence-corrected chi connectivity index (χ1v) is 9.05. The lowest BCUT2D eigenvalue weighted by Crippen LogP contribution is -2.25. The third-order valence-electron chi connectivity index (χ3n) is 2.70. The Labute approximate surface area is 134 Å². The molecule has 0 saturated carbocycles. The first kappa shape index (κ1) is 16.2. The van der Waals surface area contributed by atoms with Crippen LogP contribution in [0.4, 0.5) is 0 Å². The first-order chi connectivity index (χ1) is 9.90. The number of carbonyl (C=O) groups is 1. The van der Waals surface area contributed by atoms with Crippen LogP contribution in [0, 0.1) is 0 Å². The van der Waals surface area contributed by atoms with E-state index < -0.39 is 16.0 Å². The highest BCUT2D eigenvalue weighted by Crippen LogP contribution is 2.31. The molecule has 0 bridgehead atoms. The molecule has 0 aliphatic heterocycles. The van der Waals surface area contributed by atoms with Gasteiger partial charge in [-0.25, -0.2) is 17.9 Å². The number of rotatable bonds is 6. The van der Waals surface area contributed by atoms with Crippen LogP contribution in [-0.4, -0.2) is 26.0 Å². The van der Waals surface area contributed by atoms with Crippen LogP contribution in [0.25, 0.3) is 0 Å². The van der Waals surface area contributed by atoms with Gasteiger partial charge in [0.05, 0.1) is 3.79 Å². The average Bonchev–Trinajstić information content (AvgIpc) is 2.83. The molecule has 0 saturated heterocycles. The minimum Gasteiger partial charge on any atom is -0.477 e. The van der Waals surface area contributed by atoms with E-state index in [1.165, 1.54) is 0 Å². The van der Waals surface area contributed by atoms with Crippen molar-refractivity contribution in [2.24, 2.45) is 0 Å². The number of hydrogen-bond acceptors (Lipinski definition) is 4. The Bertz CT molecular complexity index is 741. The minimum atomic E-state index is -3.72. The molecule has 8 heteroatoms. The molecule has 112 valence electrons. The van der Waals surface area contributed by atoms with Crippen LogP contribution >= 0.6 is 27.3 Å². The Morgan fingerprint density at radius 3 is 2.52 bits per heavy atom. The molecule has 5 nitrogen and oxygen atoms in total. The van der Waals surface area contributed by atoms with E-state index in [2.05, 4.69) is 20.7 Å². The van der Waals surface area contributed by atoms with Gasteiger partial charge in [0.25, 0.3) is 0 Å². The lowest BCUT2D eigenvalue weighted by atomic mass is 10.2. The lowest BCUT2D eigenvalue weighted by molar-refractivity contribution is 0.0702. The van der Waals surface area contributed by atoms with Crippen molar-refractivity contribution >= 4 is 43.3 Å². The molecule has 0 amide bonds. The molecule has 1 aromatic heterocycles. The lowest BCUT2D eigenvalue weighted by Gasteiger charge is -2.05. The van der Waals surface area contributed by atoms with Gasteiger partial charge in [-0.15, -0.1) is 11.3 Å². The summed E-state index contributed by atoms with van der Waals surface area (Å²) < 4.78 is 27.1. The number of aromatic carboxylic acids is 1. The fourth-order valence-electron chi connectivity index (χ4n) is 1.69. The second-order valence-electron chi connectivity index (χ2n) is 4.19. The van der Waals surface area contributed by atoms with E-state index in [-0.39, 0.29) is 20.1 Å². The molecule has 2 N–H and O–H groups in total. The maximum Gasteiger partial charge on any atom is 0.345 e. The number of carboxylic acids is 1. The largest absolute Gasteiger partial charge is 0.477 e. The van der Waals surface area contributed by atoms with Crippen molar-refractivity contribution in [3.05, 3.63) is 50.6 Å². The smallest absolute Gasteiger partial charge is 0.345 e. The SMILES string of the molecule is O=C(O)c1cc(S(=O)(=O)NCCc2ccccc2)c(Br)s1. The van der Waals surface area contributed by atoms with Gasteiger partial charge in [0.1, 0.15) is 9.77 Å². The molecule has 0 fully saturated rings. The summed E-state index contributed by atoms with van der Waals surface area (Å²) in [5.74, 6) is -1.15. The predicted molar refractivity (Wildman–Crippen MR) is 84.3 cm³/mol. The van der Waals surface area contributed by atoms with Crippen molar-refractivity contribution in [2.45, 2.75) is 11.3 Å². The summed E-state index contributed by atoms with van der Waals surface area (Å²) in [5, 5.41) is 8.89. The Kier molecular flexibility index (Phi) is 5.15. The minimum absolute atomic E-state index is 0.0229. The third-order valence-corrected chi connectivity index (χ3v) is 6.41. The van der Waals surface area contributed by atoms with Gasteiger partial charge in [-0.2, -0.15) is 0 Å². The summed E-state index contributed by atoms with van der Waals surface area (Å²) in [6.07, 6.45) is 0.563. The molecular weight excluding hydrogens is 378 g/mol. The van der Waals surface area contributed by atoms with Gasteiger partial charge in [0.2, 0.25) is 10.0 Å². The van der Waals surface area contributed by atoms with Crippen molar-refractivity contribution < 1.29 is 18.3 Å². The molecule has 1 aromatic carbocycles. The summed E-state index contributed by atoms with van der Waals surface area (Å²) in [6.45, 7) is 0.247. The second-order valence-corrected chi connectivity index (χ2v) is 8.29. The monoisotopic (exact) mass is 389 g/mol. The van der Waals surface area contributed by atoms with Gasteiger partial charge in [0.15, 0.2) is 0 Å². The van der Waals surface area contributed by atoms with Crippen LogP contribution in [0.5, 0.6) is 0 Å². The van der Waals surface area contributed by atoms with Crippen molar-refractivity contribution in [3.63, 3.8) is 0 Å². The van der Waals surface area contributed by atoms with Gasteiger partial charge in [-0.1, -0.05) is 30.3 Å². The number of hydrogen-bond donors (Lipinski definition) is 2. The molecule has 0 spiro atoms. The summed E-state index contributed by atoms with van der Waals surface area (Å²) in [7, 11) is -3.72. The Morgan fingerprint density at radius 1 is 1.29 bits per heavy atom. The van der Waals surface area contributed by atoms with E-state index in [4.69, 9.17) is 5.11 Å². The summed E-state index contributed by atoms with van der Waals surface area (Å²) in [4.78, 5) is 10.8. The van der Waals surface area contributed by atoms with E-state index in [0.717, 1.165) is 23.0 Å². The molecule has 0 aliphatic rings. The van der Waals surface area contributed by atoms with Gasteiger partial charge in [0, 0.05) is 6.54 Å². The zero-order valence-corrected chi connectivity index (χ0v) is 14.0. The number of sulfonamides is 1. The Morgan fingerprint density at radius 2 is 1.95 bits per heavy atom. The normalized spacial score (nSPS) is 11.5. The zero-order valence-electron chi connectivity index (χ0n) is 10.7. The van der Waals surface area contributed by atoms with Crippen LogP contribution in [0.2, 0.25) is 0 Å². The zero-order chi connectivity index (χ0) is 15.5. The van der Waals surface area contributed by atoms with Crippen LogP contribution in [0.15, 0.2) is 45.1 Å². The number of carboxylic acid groups (broad SMARTS) is 1. The highest BCUT2D eigenvalue weighted by molar-refractivity contribution is 9.11. The first-order valence-electron chi connectivity index (χ1n) is 5.96. The van der Waals surface area contributed by atoms with Crippen molar-refractivity contribution in [2.75, 3.05) is 6.54 Å². The van der Waals surface area contributed by atoms with Crippen molar-refractivity contribution in [3.8, 4) is 0 Å². The Hall–Kier alpha value is -1.22. The van der Waals surface area contributed by atoms with Crippen LogP contribution in [0.3, 0.4) is 0 Å². The van der Waals surface area contributed by atoms with E-state index >= 15 is 0 Å². The van der Waals surface area contributed by atoms with Crippen molar-refractivity contribution in [1.29, 1.82) is 0 Å². The van der Waals surface area contributed by atoms with Gasteiger partial charge in [-0.3, -0.25) is 0 Å². The van der Waals surface area contributed by atoms with E-state index in [1.54, 1.807) is 0 Å². The molecule has 0 radical (unpaired) electrons. The summed E-state index contributed by atoms with van der Waals surface area (Å²) >= 11 is 3.97. The number of nitrogens with one attached hydrogen (secondary N) is 1. The summed E-state index contributed by atoms with van der Waals surface area (Å²) in [6, 6.07) is 10.6. The maximum atomic E-state index is 12.2. The average molecular weight is 390 g/mol. The van der Waals surface area contributed by atoms with E-state index in [1.807, 2.05) is 30.3 Å². The molecule has 2 aromatic rings. The highest BCUT2D eigenvalue weighted by Gasteiger charge is 2.22. The molecule has 0 unspecified atom stereocenters. The van der Waals surface area contributed by atoms with Gasteiger partial charge in [-0.05, 0) is 34.0 Å². The van der Waals surface area contributed by atoms with Crippen molar-refractivity contribution in [1.82, 2.24) is 4.72 Å². The van der Waals surface area contributed by atoms with Crippen LogP contribution in [-0.2, 0) is 16.4 Å². The second kappa shape index (κ2) is 6.69. The number of halogens is 1. The van der Waals surface area contributed by atoms with Crippen LogP contribution < -0.4 is 4.72 Å². The third kappa shape index (κ3) is 4.13.